The molecule has 0 aromatic rings. The molecule has 1 fully saturated rings. The first-order chi connectivity index (χ1) is 8.29. The van der Waals surface area contributed by atoms with E-state index in [0.29, 0.717) is 0 Å². The monoisotopic (exact) mass is 256 g/mol. The number of carbonyl (C=O) groups excluding carboxylic acids is 1. The number of rotatable bonds is 7. The number of hydrogen-bond acceptors (Lipinski definition) is 3. The van der Waals surface area contributed by atoms with Crippen molar-refractivity contribution in [1.82, 2.24) is 10.6 Å². The maximum Gasteiger partial charge on any atom is 0.305 e. The maximum absolute atomic E-state index is 11.7. The van der Waals surface area contributed by atoms with Crippen LogP contribution in [0.3, 0.4) is 0 Å². The Hall–Kier alpha value is -1.10. The molecule has 1 saturated carbocycles. The minimum atomic E-state index is -0.888. The van der Waals surface area contributed by atoms with Gasteiger partial charge in [0.05, 0.1) is 13.0 Å². The van der Waals surface area contributed by atoms with Crippen molar-refractivity contribution in [2.45, 2.75) is 46.1 Å². The molecule has 1 unspecified atom stereocenters. The van der Waals surface area contributed by atoms with Crippen molar-refractivity contribution >= 4 is 11.9 Å². The lowest BCUT2D eigenvalue weighted by atomic mass is 9.84. The third-order valence-corrected chi connectivity index (χ3v) is 3.17. The molecule has 3 N–H and O–H groups in total. The van der Waals surface area contributed by atoms with Crippen LogP contribution in [-0.2, 0) is 9.59 Å². The van der Waals surface area contributed by atoms with Crippen molar-refractivity contribution in [1.29, 1.82) is 0 Å². The van der Waals surface area contributed by atoms with Crippen LogP contribution in [0.25, 0.3) is 0 Å². The Labute approximate surface area is 108 Å². The molecule has 18 heavy (non-hydrogen) atoms. The van der Waals surface area contributed by atoms with Gasteiger partial charge in [0.25, 0.3) is 0 Å². The number of carboxylic acid groups (broad SMARTS) is 1. The van der Waals surface area contributed by atoms with E-state index in [2.05, 4.69) is 10.6 Å². The SMILES string of the molecule is CC(C)(C)C(CC(=O)O)NC(=O)CNCC1CC1. The summed E-state index contributed by atoms with van der Waals surface area (Å²) in [5.41, 5.74) is -0.259. The van der Waals surface area contributed by atoms with Crippen LogP contribution in [-0.4, -0.2) is 36.1 Å². The molecular weight excluding hydrogens is 232 g/mol. The van der Waals surface area contributed by atoms with Crippen LogP contribution >= 0.6 is 0 Å². The molecule has 104 valence electrons. The molecule has 0 aromatic carbocycles. The average molecular weight is 256 g/mol. The highest BCUT2D eigenvalue weighted by molar-refractivity contribution is 5.79. The molecule has 0 heterocycles. The first-order valence-corrected chi connectivity index (χ1v) is 6.51. The lowest BCUT2D eigenvalue weighted by Crippen LogP contribution is -2.47. The third kappa shape index (κ3) is 6.00. The van der Waals surface area contributed by atoms with Crippen molar-refractivity contribution in [2.75, 3.05) is 13.1 Å². The largest absolute Gasteiger partial charge is 0.481 e. The highest BCUT2D eigenvalue weighted by Gasteiger charge is 2.28. The number of amides is 1. The summed E-state index contributed by atoms with van der Waals surface area (Å²) >= 11 is 0. The lowest BCUT2D eigenvalue weighted by molar-refractivity contribution is -0.138. The number of carbonyl (C=O) groups is 2. The zero-order valence-electron chi connectivity index (χ0n) is 11.5. The second-order valence-electron chi connectivity index (χ2n) is 6.16. The minimum Gasteiger partial charge on any atom is -0.481 e. The first kappa shape index (κ1) is 15.0. The van der Waals surface area contributed by atoms with Gasteiger partial charge in [-0.1, -0.05) is 20.8 Å². The van der Waals surface area contributed by atoms with Crippen LogP contribution in [0, 0.1) is 11.3 Å². The fraction of sp³-hybridized carbons (Fsp3) is 0.846. The molecule has 0 bridgehead atoms. The summed E-state index contributed by atoms with van der Waals surface area (Å²) in [4.78, 5) is 22.5. The molecular formula is C13H24N2O3. The molecule has 5 heteroatoms. The highest BCUT2D eigenvalue weighted by Crippen LogP contribution is 2.27. The molecule has 0 spiro atoms. The quantitative estimate of drug-likeness (QED) is 0.635. The van der Waals surface area contributed by atoms with Crippen LogP contribution in [0.1, 0.15) is 40.0 Å². The van der Waals surface area contributed by atoms with Crippen LogP contribution in [0.5, 0.6) is 0 Å². The van der Waals surface area contributed by atoms with Gasteiger partial charge in [-0.2, -0.15) is 0 Å². The summed E-state index contributed by atoms with van der Waals surface area (Å²) in [6, 6.07) is -0.342. The predicted octanol–water partition coefficient (Wildman–Crippen LogP) is 0.992. The Balaban J connectivity index is 2.33. The van der Waals surface area contributed by atoms with Gasteiger partial charge in [-0.3, -0.25) is 9.59 Å². The number of nitrogens with one attached hydrogen (secondary N) is 2. The van der Waals surface area contributed by atoms with Crippen molar-refractivity contribution in [2.24, 2.45) is 11.3 Å². The van der Waals surface area contributed by atoms with E-state index in [-0.39, 0.29) is 30.3 Å². The van der Waals surface area contributed by atoms with E-state index in [1.165, 1.54) is 12.8 Å². The standard InChI is InChI=1S/C13H24N2O3/c1-13(2,3)10(6-12(17)18)15-11(16)8-14-7-9-4-5-9/h9-10,14H,4-8H2,1-3H3,(H,15,16)(H,17,18). The molecule has 0 saturated heterocycles. The Morgan fingerprint density at radius 1 is 1.33 bits per heavy atom. The zero-order chi connectivity index (χ0) is 13.8. The second-order valence-corrected chi connectivity index (χ2v) is 6.16. The minimum absolute atomic E-state index is 0.0438. The normalized spacial score (nSPS) is 17.3. The molecule has 1 aliphatic rings. The summed E-state index contributed by atoms with van der Waals surface area (Å²) in [7, 11) is 0. The van der Waals surface area contributed by atoms with Crippen molar-refractivity contribution in [3.8, 4) is 0 Å². The number of carboxylic acids is 1. The van der Waals surface area contributed by atoms with Gasteiger partial charge in [0.15, 0.2) is 0 Å². The van der Waals surface area contributed by atoms with Gasteiger partial charge in [0.1, 0.15) is 0 Å². The van der Waals surface area contributed by atoms with Crippen LogP contribution in [0.4, 0.5) is 0 Å². The van der Waals surface area contributed by atoms with Gasteiger partial charge in [-0.25, -0.2) is 0 Å². The molecule has 0 aliphatic heterocycles. The van der Waals surface area contributed by atoms with Crippen LogP contribution < -0.4 is 10.6 Å². The smallest absolute Gasteiger partial charge is 0.305 e. The lowest BCUT2D eigenvalue weighted by Gasteiger charge is -2.30. The molecule has 0 aromatic heterocycles. The number of aliphatic carboxylic acids is 1. The van der Waals surface area contributed by atoms with Crippen molar-refractivity contribution < 1.29 is 14.7 Å². The Morgan fingerprint density at radius 3 is 2.39 bits per heavy atom. The van der Waals surface area contributed by atoms with E-state index in [1.54, 1.807) is 0 Å². The summed E-state index contributed by atoms with van der Waals surface area (Å²) in [5, 5.41) is 14.7. The van der Waals surface area contributed by atoms with Gasteiger partial charge in [0.2, 0.25) is 5.91 Å². The Kier molecular flexibility index (Phi) is 5.14. The van der Waals surface area contributed by atoms with E-state index in [4.69, 9.17) is 5.11 Å². The molecule has 1 aliphatic carbocycles. The molecule has 1 rings (SSSR count). The Morgan fingerprint density at radius 2 is 1.94 bits per heavy atom. The summed E-state index contributed by atoms with van der Waals surface area (Å²) in [6.45, 7) is 6.94. The van der Waals surface area contributed by atoms with E-state index >= 15 is 0 Å². The van der Waals surface area contributed by atoms with Gasteiger partial charge >= 0.3 is 5.97 Å². The van der Waals surface area contributed by atoms with E-state index in [0.717, 1.165) is 12.5 Å². The number of hydrogen-bond donors (Lipinski definition) is 3. The topological polar surface area (TPSA) is 78.4 Å². The van der Waals surface area contributed by atoms with Crippen LogP contribution in [0.15, 0.2) is 0 Å². The molecule has 1 amide bonds. The third-order valence-electron chi connectivity index (χ3n) is 3.17. The van der Waals surface area contributed by atoms with Gasteiger partial charge < -0.3 is 15.7 Å². The van der Waals surface area contributed by atoms with E-state index in [9.17, 15) is 9.59 Å². The van der Waals surface area contributed by atoms with Crippen molar-refractivity contribution in [3.63, 3.8) is 0 Å². The fourth-order valence-corrected chi connectivity index (χ4v) is 1.71. The highest BCUT2D eigenvalue weighted by atomic mass is 16.4. The first-order valence-electron chi connectivity index (χ1n) is 6.51. The van der Waals surface area contributed by atoms with Crippen LogP contribution in [0.2, 0.25) is 0 Å². The zero-order valence-corrected chi connectivity index (χ0v) is 11.5. The summed E-state index contributed by atoms with van der Waals surface area (Å²) in [6.07, 6.45) is 2.45. The van der Waals surface area contributed by atoms with Crippen molar-refractivity contribution in [3.05, 3.63) is 0 Å². The maximum atomic E-state index is 11.7. The van der Waals surface area contributed by atoms with Gasteiger partial charge in [-0.05, 0) is 30.7 Å². The molecule has 1 atom stereocenters. The van der Waals surface area contributed by atoms with Gasteiger partial charge in [-0.15, -0.1) is 0 Å². The van der Waals surface area contributed by atoms with E-state index in [1.807, 2.05) is 20.8 Å². The van der Waals surface area contributed by atoms with Gasteiger partial charge in [0, 0.05) is 6.04 Å². The molecule has 5 nitrogen and oxygen atoms in total. The molecule has 0 radical (unpaired) electrons. The fourth-order valence-electron chi connectivity index (χ4n) is 1.71. The second kappa shape index (κ2) is 6.18. The predicted molar refractivity (Wildman–Crippen MR) is 69.2 cm³/mol. The van der Waals surface area contributed by atoms with E-state index < -0.39 is 5.97 Å². The Bertz CT molecular complexity index is 306. The summed E-state index contributed by atoms with van der Waals surface area (Å²) < 4.78 is 0. The average Bonchev–Trinajstić information content (AvgIpc) is 2.98. The summed E-state index contributed by atoms with van der Waals surface area (Å²) in [5.74, 6) is -0.284.